The van der Waals surface area contributed by atoms with Crippen molar-refractivity contribution in [2.45, 2.75) is 57.9 Å². The van der Waals surface area contributed by atoms with Crippen molar-refractivity contribution in [3.05, 3.63) is 24.1 Å². The molecule has 1 atom stereocenters. The predicted octanol–water partition coefficient (Wildman–Crippen LogP) is 3.33. The first-order chi connectivity index (χ1) is 12.6. The number of carbonyl (C=O) groups excluding carboxylic acids is 2. The van der Waals surface area contributed by atoms with E-state index in [1.807, 2.05) is 18.2 Å². The fourth-order valence-corrected chi connectivity index (χ4v) is 4.07. The summed E-state index contributed by atoms with van der Waals surface area (Å²) in [6.07, 6.45) is 7.25. The van der Waals surface area contributed by atoms with Crippen molar-refractivity contribution < 1.29 is 14.0 Å². The number of hydrogen-bond acceptors (Lipinski definition) is 4. The van der Waals surface area contributed by atoms with Crippen molar-refractivity contribution in [2.75, 3.05) is 11.4 Å². The van der Waals surface area contributed by atoms with Gasteiger partial charge in [-0.1, -0.05) is 25.7 Å². The van der Waals surface area contributed by atoms with Gasteiger partial charge in [0.15, 0.2) is 11.5 Å². The Balaban J connectivity index is 1.44. The van der Waals surface area contributed by atoms with Crippen LogP contribution in [0.15, 0.2) is 22.6 Å². The molecular formula is C20H25N3O3. The molecule has 0 bridgehead atoms. The highest BCUT2D eigenvalue weighted by Gasteiger charge is 2.36. The third kappa shape index (κ3) is 3.45. The molecule has 0 spiro atoms. The Bertz CT molecular complexity index is 821. The zero-order valence-electron chi connectivity index (χ0n) is 15.2. The number of hydrogen-bond donors (Lipinski definition) is 1. The molecule has 1 aliphatic heterocycles. The molecule has 1 aromatic heterocycles. The Labute approximate surface area is 152 Å². The van der Waals surface area contributed by atoms with Crippen LogP contribution in [0, 0.1) is 12.8 Å². The van der Waals surface area contributed by atoms with Gasteiger partial charge in [-0.3, -0.25) is 9.59 Å². The average Bonchev–Trinajstić information content (AvgIpc) is 3.07. The molecule has 6 heteroatoms. The van der Waals surface area contributed by atoms with E-state index in [9.17, 15) is 9.59 Å². The largest absolute Gasteiger partial charge is 0.441 e. The first kappa shape index (κ1) is 17.1. The second kappa shape index (κ2) is 7.09. The molecule has 4 rings (SSSR count). The van der Waals surface area contributed by atoms with Crippen LogP contribution in [0.2, 0.25) is 0 Å². The Morgan fingerprint density at radius 2 is 2.00 bits per heavy atom. The molecule has 2 heterocycles. The van der Waals surface area contributed by atoms with Gasteiger partial charge in [0.25, 0.3) is 0 Å². The maximum Gasteiger partial charge on any atom is 0.227 e. The van der Waals surface area contributed by atoms with Crippen LogP contribution in [0.25, 0.3) is 11.1 Å². The van der Waals surface area contributed by atoms with Crippen molar-refractivity contribution in [3.8, 4) is 0 Å². The Morgan fingerprint density at radius 3 is 2.77 bits per heavy atom. The second-order valence-corrected chi connectivity index (χ2v) is 7.49. The Morgan fingerprint density at radius 1 is 1.23 bits per heavy atom. The molecular weight excluding hydrogens is 330 g/mol. The highest BCUT2D eigenvalue weighted by atomic mass is 16.3. The van der Waals surface area contributed by atoms with Gasteiger partial charge < -0.3 is 14.6 Å². The van der Waals surface area contributed by atoms with Gasteiger partial charge in [-0.15, -0.1) is 0 Å². The number of amides is 2. The lowest BCUT2D eigenvalue weighted by atomic mass is 10.0. The summed E-state index contributed by atoms with van der Waals surface area (Å²) in [6.45, 7) is 2.23. The lowest BCUT2D eigenvalue weighted by Crippen LogP contribution is -2.39. The number of anilines is 1. The average molecular weight is 355 g/mol. The standard InChI is InChI=1S/C20H25N3O3/c1-13-21-17-11-16(8-9-18(17)26-13)23-12-14(10-19(23)24)20(25)22-15-6-4-2-3-5-7-15/h8-9,11,14-15H,2-7,10,12H2,1H3,(H,22,25)/t14-/m1/s1. The number of oxazole rings is 1. The van der Waals surface area contributed by atoms with Gasteiger partial charge in [0.1, 0.15) is 5.52 Å². The van der Waals surface area contributed by atoms with E-state index in [4.69, 9.17) is 4.42 Å². The lowest BCUT2D eigenvalue weighted by Gasteiger charge is -2.20. The van der Waals surface area contributed by atoms with Crippen LogP contribution < -0.4 is 10.2 Å². The van der Waals surface area contributed by atoms with E-state index in [1.54, 1.807) is 11.8 Å². The van der Waals surface area contributed by atoms with Crippen molar-refractivity contribution in [2.24, 2.45) is 5.92 Å². The molecule has 0 radical (unpaired) electrons. The maximum absolute atomic E-state index is 12.6. The van der Waals surface area contributed by atoms with Crippen LogP contribution in [-0.4, -0.2) is 29.4 Å². The monoisotopic (exact) mass is 355 g/mol. The molecule has 138 valence electrons. The smallest absolute Gasteiger partial charge is 0.227 e. The molecule has 26 heavy (non-hydrogen) atoms. The van der Waals surface area contributed by atoms with Gasteiger partial charge in [0, 0.05) is 31.6 Å². The van der Waals surface area contributed by atoms with Crippen molar-refractivity contribution in [1.29, 1.82) is 0 Å². The third-order valence-corrected chi connectivity index (χ3v) is 5.49. The molecule has 0 unspecified atom stereocenters. The number of nitrogens with one attached hydrogen (secondary N) is 1. The number of rotatable bonds is 3. The van der Waals surface area contributed by atoms with E-state index < -0.39 is 0 Å². The summed E-state index contributed by atoms with van der Waals surface area (Å²) in [5.41, 5.74) is 2.22. The number of fused-ring (bicyclic) bond motifs is 1. The van der Waals surface area contributed by atoms with Gasteiger partial charge in [-0.2, -0.15) is 0 Å². The van der Waals surface area contributed by atoms with E-state index in [2.05, 4.69) is 10.3 Å². The van der Waals surface area contributed by atoms with Crippen LogP contribution in [-0.2, 0) is 9.59 Å². The predicted molar refractivity (Wildman–Crippen MR) is 98.8 cm³/mol. The van der Waals surface area contributed by atoms with Crippen LogP contribution in [0.3, 0.4) is 0 Å². The summed E-state index contributed by atoms with van der Waals surface area (Å²) in [6, 6.07) is 5.81. The van der Waals surface area contributed by atoms with Crippen molar-refractivity contribution in [1.82, 2.24) is 10.3 Å². The van der Waals surface area contributed by atoms with E-state index in [0.29, 0.717) is 18.0 Å². The number of nitrogens with zero attached hydrogens (tertiary/aromatic N) is 2. The van der Waals surface area contributed by atoms with Crippen LogP contribution in [0.1, 0.15) is 50.8 Å². The first-order valence-electron chi connectivity index (χ1n) is 9.58. The zero-order valence-corrected chi connectivity index (χ0v) is 15.2. The fourth-order valence-electron chi connectivity index (χ4n) is 4.07. The molecule has 1 saturated heterocycles. The summed E-state index contributed by atoms with van der Waals surface area (Å²) in [5, 5.41) is 3.18. The third-order valence-electron chi connectivity index (χ3n) is 5.49. The Kier molecular flexibility index (Phi) is 4.66. The Hall–Kier alpha value is -2.37. The van der Waals surface area contributed by atoms with E-state index in [1.165, 1.54) is 25.7 Å². The summed E-state index contributed by atoms with van der Waals surface area (Å²) in [4.78, 5) is 31.1. The van der Waals surface area contributed by atoms with E-state index in [0.717, 1.165) is 24.0 Å². The van der Waals surface area contributed by atoms with Gasteiger partial charge in [0.05, 0.1) is 5.92 Å². The SMILES string of the molecule is Cc1nc2cc(N3C[C@H](C(=O)NC4CCCCCC4)CC3=O)ccc2o1. The molecule has 2 aliphatic rings. The topological polar surface area (TPSA) is 75.4 Å². The summed E-state index contributed by atoms with van der Waals surface area (Å²) >= 11 is 0. The van der Waals surface area contributed by atoms with E-state index in [-0.39, 0.29) is 30.2 Å². The van der Waals surface area contributed by atoms with Crippen LogP contribution in [0.4, 0.5) is 5.69 Å². The van der Waals surface area contributed by atoms with Gasteiger partial charge in [-0.05, 0) is 31.0 Å². The molecule has 1 aromatic carbocycles. The minimum absolute atomic E-state index is 0.00872. The molecule has 2 aromatic rings. The first-order valence-corrected chi connectivity index (χ1v) is 9.58. The molecule has 2 fully saturated rings. The molecule has 1 aliphatic carbocycles. The minimum Gasteiger partial charge on any atom is -0.441 e. The molecule has 6 nitrogen and oxygen atoms in total. The van der Waals surface area contributed by atoms with Gasteiger partial charge in [-0.25, -0.2) is 4.98 Å². The minimum atomic E-state index is -0.277. The normalized spacial score (nSPS) is 22.0. The van der Waals surface area contributed by atoms with E-state index >= 15 is 0 Å². The fraction of sp³-hybridized carbons (Fsp3) is 0.550. The van der Waals surface area contributed by atoms with Crippen molar-refractivity contribution in [3.63, 3.8) is 0 Å². The number of carbonyl (C=O) groups is 2. The van der Waals surface area contributed by atoms with Crippen molar-refractivity contribution >= 4 is 28.6 Å². The maximum atomic E-state index is 12.6. The highest BCUT2D eigenvalue weighted by Crippen LogP contribution is 2.29. The second-order valence-electron chi connectivity index (χ2n) is 7.49. The number of aromatic nitrogens is 1. The molecule has 1 N–H and O–H groups in total. The lowest BCUT2D eigenvalue weighted by molar-refractivity contribution is -0.127. The van der Waals surface area contributed by atoms with Crippen LogP contribution >= 0.6 is 0 Å². The van der Waals surface area contributed by atoms with Gasteiger partial charge >= 0.3 is 0 Å². The summed E-state index contributed by atoms with van der Waals surface area (Å²) in [7, 11) is 0. The summed E-state index contributed by atoms with van der Waals surface area (Å²) < 4.78 is 5.49. The zero-order chi connectivity index (χ0) is 18.1. The van der Waals surface area contributed by atoms with Crippen LogP contribution in [0.5, 0.6) is 0 Å². The molecule has 1 saturated carbocycles. The van der Waals surface area contributed by atoms with Gasteiger partial charge in [0.2, 0.25) is 11.8 Å². The highest BCUT2D eigenvalue weighted by molar-refractivity contribution is 6.01. The molecule has 2 amide bonds. The number of benzene rings is 1. The number of aryl methyl sites for hydroxylation is 1. The summed E-state index contributed by atoms with van der Waals surface area (Å²) in [5.74, 6) is 0.336. The quantitative estimate of drug-likeness (QED) is 0.857.